The van der Waals surface area contributed by atoms with Crippen molar-refractivity contribution in [3.8, 4) is 5.75 Å². The lowest BCUT2D eigenvalue weighted by Gasteiger charge is -2.25. The molecule has 3 aromatic carbocycles. The Bertz CT molecular complexity index is 887. The lowest BCUT2D eigenvalue weighted by molar-refractivity contribution is 0.0961. The van der Waals surface area contributed by atoms with Gasteiger partial charge in [-0.25, -0.2) is 19.6 Å². The van der Waals surface area contributed by atoms with Gasteiger partial charge in [-0.1, -0.05) is 42.5 Å². The van der Waals surface area contributed by atoms with Crippen molar-refractivity contribution in [3.63, 3.8) is 0 Å². The molecule has 6 heteroatoms. The number of hydrogen-bond donors (Lipinski definition) is 2. The Labute approximate surface area is 163 Å². The molecule has 0 aliphatic carbocycles. The molecule has 0 atom stereocenters. The molecule has 0 aliphatic heterocycles. The number of methoxy groups -OCH3 is 1. The molecule has 3 rings (SSSR count). The van der Waals surface area contributed by atoms with Gasteiger partial charge in [-0.15, -0.1) is 0 Å². The highest BCUT2D eigenvalue weighted by atomic mass is 19.1. The quantitative estimate of drug-likeness (QED) is 0.544. The van der Waals surface area contributed by atoms with E-state index in [0.717, 1.165) is 22.4 Å². The van der Waals surface area contributed by atoms with E-state index in [1.807, 2.05) is 35.4 Å². The Morgan fingerprint density at radius 3 is 2.29 bits per heavy atom. The van der Waals surface area contributed by atoms with Gasteiger partial charge in [0, 0.05) is 18.7 Å². The van der Waals surface area contributed by atoms with Crippen LogP contribution in [0.15, 0.2) is 72.8 Å². The molecule has 3 aromatic rings. The van der Waals surface area contributed by atoms with Crippen LogP contribution in [0.1, 0.15) is 16.7 Å². The van der Waals surface area contributed by atoms with Gasteiger partial charge < -0.3 is 4.74 Å². The van der Waals surface area contributed by atoms with E-state index < -0.39 is 0 Å². The molecule has 0 heterocycles. The van der Waals surface area contributed by atoms with Crippen LogP contribution in [0.4, 0.5) is 8.78 Å². The zero-order valence-corrected chi connectivity index (χ0v) is 15.7. The topological polar surface area (TPSA) is 36.5 Å². The molecule has 0 radical (unpaired) electrons. The van der Waals surface area contributed by atoms with Crippen LogP contribution in [0.2, 0.25) is 0 Å². The first-order valence-corrected chi connectivity index (χ1v) is 8.99. The normalized spacial score (nSPS) is 11.0. The van der Waals surface area contributed by atoms with Gasteiger partial charge in [0.15, 0.2) is 0 Å². The molecule has 0 unspecified atom stereocenters. The molecular weight excluding hydrogens is 360 g/mol. The fourth-order valence-corrected chi connectivity index (χ4v) is 2.80. The fraction of sp³-hybridized carbons (Fsp3) is 0.182. The summed E-state index contributed by atoms with van der Waals surface area (Å²) in [6, 6.07) is 20.5. The summed E-state index contributed by atoms with van der Waals surface area (Å²) in [5, 5.41) is 1.81. The van der Waals surface area contributed by atoms with Crippen molar-refractivity contribution in [2.75, 3.05) is 7.11 Å². The largest absolute Gasteiger partial charge is 0.496 e. The molecule has 2 N–H and O–H groups in total. The van der Waals surface area contributed by atoms with Crippen LogP contribution in [0, 0.1) is 11.6 Å². The number of para-hydroxylation sites is 1. The number of halogens is 2. The number of hydrazine groups is 2. The average Bonchev–Trinajstić information content (AvgIpc) is 2.72. The van der Waals surface area contributed by atoms with E-state index >= 15 is 0 Å². The molecule has 0 saturated heterocycles. The van der Waals surface area contributed by atoms with Gasteiger partial charge in [0.05, 0.1) is 13.7 Å². The summed E-state index contributed by atoms with van der Waals surface area (Å²) < 4.78 is 32.0. The maximum Gasteiger partial charge on any atom is 0.123 e. The maximum atomic E-state index is 13.4. The molecule has 0 amide bonds. The SMILES string of the molecule is COc1ccccc1CNN(Cc1ccc(F)cc1)NCc1cccc(F)c1. The Kier molecular flexibility index (Phi) is 7.08. The van der Waals surface area contributed by atoms with Crippen molar-refractivity contribution >= 4 is 0 Å². The van der Waals surface area contributed by atoms with Gasteiger partial charge in [0.2, 0.25) is 0 Å². The van der Waals surface area contributed by atoms with Crippen molar-refractivity contribution in [2.45, 2.75) is 19.6 Å². The first-order chi connectivity index (χ1) is 13.6. The second kappa shape index (κ2) is 9.94. The van der Waals surface area contributed by atoms with Gasteiger partial charge >= 0.3 is 0 Å². The first-order valence-electron chi connectivity index (χ1n) is 8.99. The van der Waals surface area contributed by atoms with E-state index in [4.69, 9.17) is 4.74 Å². The minimum absolute atomic E-state index is 0.272. The molecule has 0 spiro atoms. The van der Waals surface area contributed by atoms with Crippen LogP contribution in [0.25, 0.3) is 0 Å². The highest BCUT2D eigenvalue weighted by Crippen LogP contribution is 2.17. The monoisotopic (exact) mass is 383 g/mol. The molecule has 4 nitrogen and oxygen atoms in total. The highest BCUT2D eigenvalue weighted by Gasteiger charge is 2.09. The van der Waals surface area contributed by atoms with E-state index in [-0.39, 0.29) is 11.6 Å². The third kappa shape index (κ3) is 5.85. The number of rotatable bonds is 9. The van der Waals surface area contributed by atoms with Crippen LogP contribution < -0.4 is 15.6 Å². The smallest absolute Gasteiger partial charge is 0.123 e. The summed E-state index contributed by atoms with van der Waals surface area (Å²) in [5.74, 6) is 0.248. The van der Waals surface area contributed by atoms with E-state index in [2.05, 4.69) is 10.9 Å². The van der Waals surface area contributed by atoms with E-state index in [1.165, 1.54) is 24.3 Å². The first kappa shape index (κ1) is 19.9. The second-order valence-corrected chi connectivity index (χ2v) is 6.32. The Morgan fingerprint density at radius 2 is 1.54 bits per heavy atom. The molecule has 0 saturated carbocycles. The van der Waals surface area contributed by atoms with Crippen LogP contribution >= 0.6 is 0 Å². The second-order valence-electron chi connectivity index (χ2n) is 6.32. The van der Waals surface area contributed by atoms with Crippen molar-refractivity contribution in [1.82, 2.24) is 16.0 Å². The fourth-order valence-electron chi connectivity index (χ4n) is 2.80. The molecule has 0 aliphatic rings. The molecular formula is C22H23F2N3O. The van der Waals surface area contributed by atoms with Crippen LogP contribution in [0.3, 0.4) is 0 Å². The zero-order valence-electron chi connectivity index (χ0n) is 15.7. The number of hydrogen-bond acceptors (Lipinski definition) is 4. The highest BCUT2D eigenvalue weighted by molar-refractivity contribution is 5.32. The molecule has 146 valence electrons. The predicted molar refractivity (Wildman–Crippen MR) is 105 cm³/mol. The summed E-state index contributed by atoms with van der Waals surface area (Å²) in [6.45, 7) is 1.46. The molecule has 0 aromatic heterocycles. The Morgan fingerprint density at radius 1 is 0.786 bits per heavy atom. The predicted octanol–water partition coefficient (Wildman–Crippen LogP) is 4.19. The Balaban J connectivity index is 1.68. The third-order valence-corrected chi connectivity index (χ3v) is 4.27. The van der Waals surface area contributed by atoms with Crippen molar-refractivity contribution in [3.05, 3.63) is 101 Å². The molecule has 28 heavy (non-hydrogen) atoms. The minimum Gasteiger partial charge on any atom is -0.496 e. The number of benzene rings is 3. The lowest BCUT2D eigenvalue weighted by atomic mass is 10.2. The van der Waals surface area contributed by atoms with E-state index in [0.29, 0.717) is 19.6 Å². The van der Waals surface area contributed by atoms with E-state index in [9.17, 15) is 8.78 Å². The third-order valence-electron chi connectivity index (χ3n) is 4.27. The zero-order chi connectivity index (χ0) is 19.8. The van der Waals surface area contributed by atoms with Crippen molar-refractivity contribution < 1.29 is 13.5 Å². The summed E-state index contributed by atoms with van der Waals surface area (Å²) in [5.41, 5.74) is 9.32. The standard InChI is InChI=1S/C22H23F2N3O/c1-28-22-8-3-2-6-19(22)15-26-27(16-17-9-11-20(23)12-10-17)25-14-18-5-4-7-21(24)13-18/h2-13,25-26H,14-16H2,1H3. The number of nitrogens with zero attached hydrogens (tertiary/aromatic N) is 1. The molecule has 0 fully saturated rings. The minimum atomic E-state index is -0.273. The summed E-state index contributed by atoms with van der Waals surface area (Å²) in [7, 11) is 1.64. The summed E-state index contributed by atoms with van der Waals surface area (Å²) >= 11 is 0. The van der Waals surface area contributed by atoms with Gasteiger partial charge in [-0.3, -0.25) is 0 Å². The van der Waals surface area contributed by atoms with Gasteiger partial charge in [0.25, 0.3) is 0 Å². The van der Waals surface area contributed by atoms with Gasteiger partial charge in [-0.2, -0.15) is 5.12 Å². The van der Waals surface area contributed by atoms with Crippen LogP contribution in [0.5, 0.6) is 5.75 Å². The molecule has 0 bridgehead atoms. The lowest BCUT2D eigenvalue weighted by Crippen LogP contribution is -2.46. The van der Waals surface area contributed by atoms with Gasteiger partial charge in [0.1, 0.15) is 17.4 Å². The number of ether oxygens (including phenoxy) is 1. The maximum absolute atomic E-state index is 13.4. The summed E-state index contributed by atoms with van der Waals surface area (Å²) in [6.07, 6.45) is 0. The average molecular weight is 383 g/mol. The summed E-state index contributed by atoms with van der Waals surface area (Å²) in [4.78, 5) is 0. The van der Waals surface area contributed by atoms with E-state index in [1.54, 1.807) is 25.3 Å². The Hall–Kier alpha value is -2.80. The van der Waals surface area contributed by atoms with Crippen molar-refractivity contribution in [1.29, 1.82) is 0 Å². The van der Waals surface area contributed by atoms with Crippen LogP contribution in [-0.2, 0) is 19.6 Å². The van der Waals surface area contributed by atoms with Crippen molar-refractivity contribution in [2.24, 2.45) is 0 Å². The number of nitrogens with one attached hydrogen (secondary N) is 2. The van der Waals surface area contributed by atoms with Crippen LogP contribution in [-0.4, -0.2) is 12.2 Å². The van der Waals surface area contributed by atoms with Gasteiger partial charge in [-0.05, 0) is 41.5 Å².